The van der Waals surface area contributed by atoms with Gasteiger partial charge < -0.3 is 5.11 Å². The van der Waals surface area contributed by atoms with Crippen molar-refractivity contribution in [3.63, 3.8) is 0 Å². The lowest BCUT2D eigenvalue weighted by Gasteiger charge is -2.34. The first kappa shape index (κ1) is 16.5. The number of hydrogen-bond donors (Lipinski definition) is 1. The Balaban J connectivity index is 2.00. The highest BCUT2D eigenvalue weighted by atomic mass is 32.2. The number of aliphatic hydroxyl groups is 1. The van der Waals surface area contributed by atoms with Gasteiger partial charge in [-0.1, -0.05) is 13.8 Å². The maximum atomic E-state index is 12.7. The Bertz CT molecular complexity index is 417. The van der Waals surface area contributed by atoms with E-state index in [9.17, 15) is 8.42 Å². The Morgan fingerprint density at radius 2 is 1.75 bits per heavy atom. The van der Waals surface area contributed by atoms with E-state index in [0.29, 0.717) is 26.2 Å². The lowest BCUT2D eigenvalue weighted by molar-refractivity contribution is 0.166. The second-order valence-electron chi connectivity index (χ2n) is 6.29. The average molecular weight is 322 g/mol. The predicted molar refractivity (Wildman–Crippen MR) is 83.0 cm³/mol. The summed E-state index contributed by atoms with van der Waals surface area (Å²) < 4.78 is 28.8. The normalized spacial score (nSPS) is 27.4. The Morgan fingerprint density at radius 3 is 2.35 bits per heavy atom. The van der Waals surface area contributed by atoms with E-state index in [1.807, 2.05) is 11.8 Å². The van der Waals surface area contributed by atoms with Crippen molar-refractivity contribution in [2.75, 3.05) is 38.5 Å². The molecule has 0 aliphatic carbocycles. The lowest BCUT2D eigenvalue weighted by Crippen LogP contribution is -2.48. The van der Waals surface area contributed by atoms with Crippen molar-refractivity contribution >= 4 is 22.0 Å². The summed E-state index contributed by atoms with van der Waals surface area (Å²) in [5.74, 6) is 1.12. The number of hydrogen-bond acceptors (Lipinski definition) is 4. The van der Waals surface area contributed by atoms with Crippen LogP contribution in [0.25, 0.3) is 0 Å². The smallest absolute Gasteiger partial charge is 0.282 e. The fourth-order valence-electron chi connectivity index (χ4n) is 2.72. The molecular formula is C13H26N2O3S2. The molecule has 2 aliphatic rings. The van der Waals surface area contributed by atoms with Gasteiger partial charge in [0.1, 0.15) is 0 Å². The van der Waals surface area contributed by atoms with Gasteiger partial charge in [-0.3, -0.25) is 0 Å². The second-order valence-corrected chi connectivity index (χ2v) is 10.0. The zero-order valence-corrected chi connectivity index (χ0v) is 14.0. The van der Waals surface area contributed by atoms with E-state index in [0.717, 1.165) is 25.0 Å². The van der Waals surface area contributed by atoms with Gasteiger partial charge in [0.05, 0.1) is 0 Å². The minimum atomic E-state index is -3.32. The van der Waals surface area contributed by atoms with E-state index in [-0.39, 0.29) is 17.3 Å². The Morgan fingerprint density at radius 1 is 1.15 bits per heavy atom. The molecule has 0 aromatic heterocycles. The monoisotopic (exact) mass is 322 g/mol. The summed E-state index contributed by atoms with van der Waals surface area (Å²) in [7, 11) is -3.32. The van der Waals surface area contributed by atoms with E-state index in [1.165, 1.54) is 0 Å². The van der Waals surface area contributed by atoms with Crippen LogP contribution in [-0.4, -0.2) is 65.4 Å². The SMILES string of the molecule is CC1(C)CCN(S(=O)(=O)N2CCC(CO)CC2)CCS1. The summed E-state index contributed by atoms with van der Waals surface area (Å²) in [6.45, 7) is 6.84. The molecule has 0 aromatic rings. The Labute approximate surface area is 126 Å². The van der Waals surface area contributed by atoms with E-state index >= 15 is 0 Å². The van der Waals surface area contributed by atoms with Crippen LogP contribution in [0.3, 0.4) is 0 Å². The quantitative estimate of drug-likeness (QED) is 0.847. The highest BCUT2D eigenvalue weighted by Crippen LogP contribution is 2.32. The summed E-state index contributed by atoms with van der Waals surface area (Å²) in [5.41, 5.74) is 0. The van der Waals surface area contributed by atoms with Crippen LogP contribution in [0.1, 0.15) is 33.1 Å². The van der Waals surface area contributed by atoms with Gasteiger partial charge in [0, 0.05) is 43.3 Å². The highest BCUT2D eigenvalue weighted by molar-refractivity contribution is 8.00. The first-order valence-corrected chi connectivity index (χ1v) is 9.73. The van der Waals surface area contributed by atoms with Crippen LogP contribution in [-0.2, 0) is 10.2 Å². The molecule has 0 aromatic carbocycles. The molecule has 0 spiro atoms. The van der Waals surface area contributed by atoms with E-state index in [4.69, 9.17) is 5.11 Å². The molecule has 2 fully saturated rings. The molecule has 0 amide bonds. The summed E-state index contributed by atoms with van der Waals surface area (Å²) >= 11 is 1.85. The van der Waals surface area contributed by atoms with Gasteiger partial charge in [0.25, 0.3) is 10.2 Å². The number of nitrogens with zero attached hydrogens (tertiary/aromatic N) is 2. The molecule has 2 heterocycles. The van der Waals surface area contributed by atoms with Crippen LogP contribution >= 0.6 is 11.8 Å². The average Bonchev–Trinajstić information content (AvgIpc) is 2.60. The molecule has 0 atom stereocenters. The third-order valence-electron chi connectivity index (χ3n) is 4.28. The second kappa shape index (κ2) is 6.52. The van der Waals surface area contributed by atoms with Gasteiger partial charge >= 0.3 is 0 Å². The maximum absolute atomic E-state index is 12.7. The van der Waals surface area contributed by atoms with Gasteiger partial charge in [-0.05, 0) is 25.2 Å². The minimum absolute atomic E-state index is 0.161. The zero-order chi connectivity index (χ0) is 14.8. The molecule has 5 nitrogen and oxygen atoms in total. The first-order chi connectivity index (χ1) is 9.35. The fraction of sp³-hybridized carbons (Fsp3) is 1.00. The summed E-state index contributed by atoms with van der Waals surface area (Å²) in [6.07, 6.45) is 2.43. The molecule has 2 rings (SSSR count). The third-order valence-corrected chi connectivity index (χ3v) is 7.69. The lowest BCUT2D eigenvalue weighted by atomic mass is 10.00. The molecule has 0 saturated carbocycles. The van der Waals surface area contributed by atoms with Crippen molar-refractivity contribution in [3.8, 4) is 0 Å². The summed E-state index contributed by atoms with van der Waals surface area (Å²) in [4.78, 5) is 0. The van der Waals surface area contributed by atoms with E-state index < -0.39 is 10.2 Å². The minimum Gasteiger partial charge on any atom is -0.396 e. The molecule has 7 heteroatoms. The van der Waals surface area contributed by atoms with Gasteiger partial charge in [-0.15, -0.1) is 0 Å². The first-order valence-electron chi connectivity index (χ1n) is 7.35. The van der Waals surface area contributed by atoms with Gasteiger partial charge in [-0.25, -0.2) is 0 Å². The standard InChI is InChI=1S/C13H26N2O3S2/c1-13(2)5-8-15(9-10-19-13)20(17,18)14-6-3-12(11-16)4-7-14/h12,16H,3-11H2,1-2H3. The van der Waals surface area contributed by atoms with Gasteiger partial charge in [0.2, 0.25) is 0 Å². The van der Waals surface area contributed by atoms with Gasteiger partial charge in [-0.2, -0.15) is 28.8 Å². The van der Waals surface area contributed by atoms with Crippen LogP contribution in [0.4, 0.5) is 0 Å². The van der Waals surface area contributed by atoms with Crippen molar-refractivity contribution in [2.24, 2.45) is 5.92 Å². The van der Waals surface area contributed by atoms with Crippen LogP contribution < -0.4 is 0 Å². The number of rotatable bonds is 3. The van der Waals surface area contributed by atoms with Crippen LogP contribution in [0.15, 0.2) is 0 Å². The van der Waals surface area contributed by atoms with Crippen molar-refractivity contribution in [1.29, 1.82) is 0 Å². The molecule has 118 valence electrons. The van der Waals surface area contributed by atoms with Crippen molar-refractivity contribution in [1.82, 2.24) is 8.61 Å². The molecular weight excluding hydrogens is 296 g/mol. The largest absolute Gasteiger partial charge is 0.396 e. The predicted octanol–water partition coefficient (Wildman–Crippen LogP) is 1.15. The summed E-state index contributed by atoms with van der Waals surface area (Å²) in [5, 5.41) is 9.14. The highest BCUT2D eigenvalue weighted by Gasteiger charge is 2.35. The zero-order valence-electron chi connectivity index (χ0n) is 12.4. The Kier molecular flexibility index (Phi) is 5.40. The topological polar surface area (TPSA) is 60.9 Å². The molecule has 20 heavy (non-hydrogen) atoms. The molecule has 1 N–H and O–H groups in total. The fourth-order valence-corrected chi connectivity index (χ4v) is 5.58. The number of thioether (sulfide) groups is 1. The molecule has 0 unspecified atom stereocenters. The molecule has 0 radical (unpaired) electrons. The van der Waals surface area contributed by atoms with Crippen molar-refractivity contribution in [3.05, 3.63) is 0 Å². The Hall–Kier alpha value is 0.180. The maximum Gasteiger partial charge on any atom is 0.282 e. The molecule has 2 saturated heterocycles. The van der Waals surface area contributed by atoms with Crippen LogP contribution in [0, 0.1) is 5.92 Å². The third kappa shape index (κ3) is 3.88. The van der Waals surface area contributed by atoms with Crippen molar-refractivity contribution in [2.45, 2.75) is 37.9 Å². The number of piperidine rings is 1. The van der Waals surface area contributed by atoms with Crippen molar-refractivity contribution < 1.29 is 13.5 Å². The van der Waals surface area contributed by atoms with E-state index in [2.05, 4.69) is 13.8 Å². The van der Waals surface area contributed by atoms with Gasteiger partial charge in [0.15, 0.2) is 0 Å². The van der Waals surface area contributed by atoms with E-state index in [1.54, 1.807) is 8.61 Å². The molecule has 0 bridgehead atoms. The number of aliphatic hydroxyl groups excluding tert-OH is 1. The van der Waals surface area contributed by atoms with Crippen LogP contribution in [0.5, 0.6) is 0 Å². The molecule has 2 aliphatic heterocycles. The van der Waals surface area contributed by atoms with Crippen LogP contribution in [0.2, 0.25) is 0 Å². The summed E-state index contributed by atoms with van der Waals surface area (Å²) in [6, 6.07) is 0.